The van der Waals surface area contributed by atoms with Crippen LogP contribution in [0.5, 0.6) is 0 Å². The maximum absolute atomic E-state index is 6.00. The van der Waals surface area contributed by atoms with Gasteiger partial charge in [-0.05, 0) is 53.7 Å². The number of hydrogen-bond donors (Lipinski definition) is 0. The highest BCUT2D eigenvalue weighted by atomic mass is 16.7. The standard InChI is InChI=1S/C15H25BN2O2/c1-7-18(8-2)12-9-10-13(17-11-12)16-19-14(3,4)15(5,6)20-16/h9-11H,7-8H2,1-6H3. The van der Waals surface area contributed by atoms with Gasteiger partial charge in [-0.25, -0.2) is 0 Å². The molecule has 1 aliphatic rings. The van der Waals surface area contributed by atoms with Gasteiger partial charge in [0.05, 0.1) is 22.5 Å². The lowest BCUT2D eigenvalue weighted by atomic mass is 9.84. The fourth-order valence-electron chi connectivity index (χ4n) is 2.28. The third-order valence-electron chi connectivity index (χ3n) is 4.39. The van der Waals surface area contributed by atoms with Gasteiger partial charge in [-0.1, -0.05) is 0 Å². The normalized spacial score (nSPS) is 20.2. The Bertz CT molecular complexity index is 439. The number of rotatable bonds is 4. The van der Waals surface area contributed by atoms with Gasteiger partial charge in [0.25, 0.3) is 0 Å². The molecule has 20 heavy (non-hydrogen) atoms. The summed E-state index contributed by atoms with van der Waals surface area (Å²) in [6.07, 6.45) is 1.90. The Kier molecular flexibility index (Phi) is 4.12. The predicted octanol–water partition coefficient (Wildman–Crippen LogP) is 2.23. The monoisotopic (exact) mass is 276 g/mol. The van der Waals surface area contributed by atoms with Crippen molar-refractivity contribution in [2.24, 2.45) is 0 Å². The van der Waals surface area contributed by atoms with Gasteiger partial charge in [0.1, 0.15) is 0 Å². The van der Waals surface area contributed by atoms with E-state index in [-0.39, 0.29) is 18.3 Å². The zero-order valence-electron chi connectivity index (χ0n) is 13.4. The number of hydrogen-bond acceptors (Lipinski definition) is 4. The van der Waals surface area contributed by atoms with Gasteiger partial charge < -0.3 is 14.2 Å². The molecule has 110 valence electrons. The van der Waals surface area contributed by atoms with Crippen molar-refractivity contribution in [3.8, 4) is 0 Å². The lowest BCUT2D eigenvalue weighted by Crippen LogP contribution is -2.41. The molecule has 0 aliphatic carbocycles. The summed E-state index contributed by atoms with van der Waals surface area (Å²) in [5, 5.41) is 0. The van der Waals surface area contributed by atoms with Crippen LogP contribution in [0.15, 0.2) is 18.3 Å². The number of anilines is 1. The lowest BCUT2D eigenvalue weighted by molar-refractivity contribution is 0.00578. The third-order valence-corrected chi connectivity index (χ3v) is 4.39. The van der Waals surface area contributed by atoms with Gasteiger partial charge >= 0.3 is 7.12 Å². The maximum Gasteiger partial charge on any atom is 0.514 e. The SMILES string of the molecule is CCN(CC)c1ccc(B2OC(C)(C)C(C)(C)O2)nc1. The fourth-order valence-corrected chi connectivity index (χ4v) is 2.28. The summed E-state index contributed by atoms with van der Waals surface area (Å²) in [6.45, 7) is 14.5. The van der Waals surface area contributed by atoms with E-state index in [4.69, 9.17) is 9.31 Å². The summed E-state index contributed by atoms with van der Waals surface area (Å²) in [7, 11) is -0.384. The van der Waals surface area contributed by atoms with Crippen LogP contribution in [0.3, 0.4) is 0 Å². The second kappa shape index (κ2) is 5.37. The highest BCUT2D eigenvalue weighted by molar-refractivity contribution is 6.61. The molecular formula is C15H25BN2O2. The summed E-state index contributed by atoms with van der Waals surface area (Å²) in [4.78, 5) is 6.78. The van der Waals surface area contributed by atoms with Crippen LogP contribution in [-0.4, -0.2) is 36.4 Å². The molecule has 0 bridgehead atoms. The highest BCUT2D eigenvalue weighted by Crippen LogP contribution is 2.36. The highest BCUT2D eigenvalue weighted by Gasteiger charge is 2.52. The Labute approximate surface area is 122 Å². The molecule has 0 aromatic carbocycles. The van der Waals surface area contributed by atoms with Gasteiger partial charge in [0, 0.05) is 19.3 Å². The molecule has 1 aliphatic heterocycles. The van der Waals surface area contributed by atoms with Crippen LogP contribution < -0.4 is 10.5 Å². The quantitative estimate of drug-likeness (QED) is 0.790. The molecule has 4 nitrogen and oxygen atoms in total. The number of aromatic nitrogens is 1. The van der Waals surface area contributed by atoms with E-state index in [1.807, 2.05) is 12.3 Å². The first-order chi connectivity index (χ1) is 9.30. The van der Waals surface area contributed by atoms with Crippen molar-refractivity contribution in [2.75, 3.05) is 18.0 Å². The molecular weight excluding hydrogens is 251 g/mol. The van der Waals surface area contributed by atoms with Crippen LogP contribution in [0.4, 0.5) is 5.69 Å². The van der Waals surface area contributed by atoms with Crippen molar-refractivity contribution in [3.63, 3.8) is 0 Å². The molecule has 2 heterocycles. The zero-order chi connectivity index (χ0) is 15.0. The van der Waals surface area contributed by atoms with E-state index in [2.05, 4.69) is 57.5 Å². The smallest absolute Gasteiger partial charge is 0.398 e. The summed E-state index contributed by atoms with van der Waals surface area (Å²) >= 11 is 0. The van der Waals surface area contributed by atoms with E-state index < -0.39 is 0 Å². The van der Waals surface area contributed by atoms with E-state index in [1.165, 1.54) is 0 Å². The Morgan fingerprint density at radius 2 is 1.60 bits per heavy atom. The van der Waals surface area contributed by atoms with E-state index in [0.717, 1.165) is 24.4 Å². The minimum atomic E-state index is -0.384. The van der Waals surface area contributed by atoms with Gasteiger partial charge in [-0.15, -0.1) is 0 Å². The third kappa shape index (κ3) is 2.70. The molecule has 1 fully saturated rings. The van der Waals surface area contributed by atoms with E-state index >= 15 is 0 Å². The van der Waals surface area contributed by atoms with Crippen LogP contribution in [0.1, 0.15) is 41.5 Å². The molecule has 0 amide bonds. The largest absolute Gasteiger partial charge is 0.514 e. The van der Waals surface area contributed by atoms with E-state index in [1.54, 1.807) is 0 Å². The van der Waals surface area contributed by atoms with Crippen LogP contribution in [0.2, 0.25) is 0 Å². The molecule has 0 radical (unpaired) electrons. The van der Waals surface area contributed by atoms with Gasteiger partial charge in [0.15, 0.2) is 0 Å². The molecule has 1 aromatic heterocycles. The van der Waals surface area contributed by atoms with Crippen molar-refractivity contribution in [3.05, 3.63) is 18.3 Å². The van der Waals surface area contributed by atoms with E-state index in [0.29, 0.717) is 0 Å². The van der Waals surface area contributed by atoms with E-state index in [9.17, 15) is 0 Å². The van der Waals surface area contributed by atoms with Crippen molar-refractivity contribution >= 4 is 18.4 Å². The fraction of sp³-hybridized carbons (Fsp3) is 0.667. The predicted molar refractivity (Wildman–Crippen MR) is 83.5 cm³/mol. The van der Waals surface area contributed by atoms with Crippen LogP contribution in [0, 0.1) is 0 Å². The van der Waals surface area contributed by atoms with Crippen molar-refractivity contribution in [1.82, 2.24) is 4.98 Å². The van der Waals surface area contributed by atoms with Gasteiger partial charge in [-0.3, -0.25) is 4.98 Å². The first-order valence-electron chi connectivity index (χ1n) is 7.37. The summed E-state index contributed by atoms with van der Waals surface area (Å²) < 4.78 is 12.0. The average Bonchev–Trinajstić information content (AvgIpc) is 2.61. The maximum atomic E-state index is 6.00. The zero-order valence-corrected chi connectivity index (χ0v) is 13.4. The Morgan fingerprint density at radius 3 is 2.00 bits per heavy atom. The van der Waals surface area contributed by atoms with Crippen molar-refractivity contribution in [1.29, 1.82) is 0 Å². The second-order valence-electron chi connectivity index (χ2n) is 6.20. The minimum Gasteiger partial charge on any atom is -0.398 e. The second-order valence-corrected chi connectivity index (χ2v) is 6.20. The molecule has 1 aromatic rings. The molecule has 0 unspecified atom stereocenters. The molecule has 1 saturated heterocycles. The first-order valence-corrected chi connectivity index (χ1v) is 7.37. The van der Waals surface area contributed by atoms with Gasteiger partial charge in [-0.2, -0.15) is 0 Å². The topological polar surface area (TPSA) is 34.6 Å². The average molecular weight is 276 g/mol. The molecule has 0 spiro atoms. The van der Waals surface area contributed by atoms with Crippen molar-refractivity contribution < 1.29 is 9.31 Å². The Hall–Kier alpha value is -1.07. The van der Waals surface area contributed by atoms with Crippen LogP contribution in [0.25, 0.3) is 0 Å². The summed E-state index contributed by atoms with van der Waals surface area (Å²) in [6, 6.07) is 4.08. The first kappa shape index (κ1) is 15.3. The number of pyridine rings is 1. The molecule has 0 N–H and O–H groups in total. The van der Waals surface area contributed by atoms with Crippen LogP contribution >= 0.6 is 0 Å². The minimum absolute atomic E-state index is 0.323. The van der Waals surface area contributed by atoms with Gasteiger partial charge in [0.2, 0.25) is 0 Å². The Balaban J connectivity index is 2.16. The molecule has 0 atom stereocenters. The number of nitrogens with zero attached hydrogens (tertiary/aromatic N) is 2. The summed E-state index contributed by atoms with van der Waals surface area (Å²) in [5.74, 6) is 0. The summed E-state index contributed by atoms with van der Waals surface area (Å²) in [5.41, 5.74) is 1.32. The van der Waals surface area contributed by atoms with Crippen molar-refractivity contribution in [2.45, 2.75) is 52.7 Å². The lowest BCUT2D eigenvalue weighted by Gasteiger charge is -2.32. The molecule has 2 rings (SSSR count). The van der Waals surface area contributed by atoms with Crippen LogP contribution in [-0.2, 0) is 9.31 Å². The molecule has 5 heteroatoms. The molecule has 0 saturated carbocycles. The Morgan fingerprint density at radius 1 is 1.05 bits per heavy atom.